The molecule has 0 spiro atoms. The number of anilines is 1. The molecule has 0 unspecified atom stereocenters. The Bertz CT molecular complexity index is 1180. The Labute approximate surface area is 178 Å². The molecule has 1 amide bonds. The lowest BCUT2D eigenvalue weighted by Gasteiger charge is -2.34. The molecule has 0 saturated carbocycles. The van der Waals surface area contributed by atoms with Gasteiger partial charge in [0.05, 0.1) is 20.4 Å². The summed E-state index contributed by atoms with van der Waals surface area (Å²) in [4.78, 5) is 21.5. The zero-order valence-electron chi connectivity index (χ0n) is 16.7. The fourth-order valence-corrected chi connectivity index (χ4v) is 5.47. The van der Waals surface area contributed by atoms with Crippen molar-refractivity contribution < 1.29 is 17.6 Å². The molecule has 1 aliphatic heterocycles. The molecule has 4 rings (SSSR count). The summed E-state index contributed by atoms with van der Waals surface area (Å²) in [5.41, 5.74) is 1.24. The van der Waals surface area contributed by atoms with Crippen LogP contribution < -0.4 is 4.90 Å². The third-order valence-electron chi connectivity index (χ3n) is 5.23. The number of nitrogens with zero attached hydrogens (tertiary/aromatic N) is 3. The number of carbonyl (C=O) groups is 1. The Morgan fingerprint density at radius 3 is 2.37 bits per heavy atom. The minimum atomic E-state index is -3.36. The Morgan fingerprint density at radius 1 is 1.07 bits per heavy atom. The first-order valence-electron chi connectivity index (χ1n) is 9.70. The number of sulfone groups is 1. The number of halogens is 1. The summed E-state index contributed by atoms with van der Waals surface area (Å²) in [5.74, 6) is -0.394. The van der Waals surface area contributed by atoms with Gasteiger partial charge in [0, 0.05) is 31.7 Å². The van der Waals surface area contributed by atoms with Gasteiger partial charge in [0.25, 0.3) is 5.91 Å². The maximum atomic E-state index is 13.4. The minimum Gasteiger partial charge on any atom is -0.345 e. The van der Waals surface area contributed by atoms with Crippen LogP contribution in [0.5, 0.6) is 0 Å². The monoisotopic (exact) mass is 447 g/mol. The van der Waals surface area contributed by atoms with Gasteiger partial charge >= 0.3 is 0 Å². The number of rotatable bonds is 4. The van der Waals surface area contributed by atoms with Crippen molar-refractivity contribution in [3.8, 4) is 0 Å². The summed E-state index contributed by atoms with van der Waals surface area (Å²) < 4.78 is 38.7. The summed E-state index contributed by atoms with van der Waals surface area (Å²) >= 11 is 1.44. The molecule has 9 heteroatoms. The van der Waals surface area contributed by atoms with E-state index in [-0.39, 0.29) is 16.6 Å². The van der Waals surface area contributed by atoms with E-state index in [9.17, 15) is 17.6 Å². The molecule has 0 aliphatic carbocycles. The molecule has 0 atom stereocenters. The molecule has 158 valence electrons. The fraction of sp³-hybridized carbons (Fsp3) is 0.333. The van der Waals surface area contributed by atoms with E-state index >= 15 is 0 Å². The molecular formula is C21H22FN3O3S2. The van der Waals surface area contributed by atoms with Crippen LogP contribution in [0.1, 0.15) is 24.2 Å². The lowest BCUT2D eigenvalue weighted by atomic mass is 10.2. The van der Waals surface area contributed by atoms with Crippen LogP contribution >= 0.6 is 11.3 Å². The van der Waals surface area contributed by atoms with Crippen molar-refractivity contribution in [3.05, 3.63) is 53.8 Å². The van der Waals surface area contributed by atoms with Gasteiger partial charge in [-0.05, 0) is 56.3 Å². The van der Waals surface area contributed by atoms with E-state index in [1.54, 1.807) is 36.9 Å². The average molecular weight is 448 g/mol. The van der Waals surface area contributed by atoms with Crippen molar-refractivity contribution in [1.82, 2.24) is 9.88 Å². The first-order valence-corrected chi connectivity index (χ1v) is 12.1. The van der Waals surface area contributed by atoms with Gasteiger partial charge in [-0.3, -0.25) is 4.79 Å². The smallest absolute Gasteiger partial charge is 0.253 e. The van der Waals surface area contributed by atoms with E-state index in [0.717, 1.165) is 15.3 Å². The topological polar surface area (TPSA) is 70.6 Å². The number of carbonyl (C=O) groups excluding carboxylic acids is 1. The summed E-state index contributed by atoms with van der Waals surface area (Å²) in [6.07, 6.45) is 0. The highest BCUT2D eigenvalue weighted by Gasteiger charge is 2.25. The largest absolute Gasteiger partial charge is 0.345 e. The molecule has 6 nitrogen and oxygen atoms in total. The molecule has 3 aromatic rings. The minimum absolute atomic E-state index is 0.116. The number of fused-ring (bicyclic) bond motifs is 1. The van der Waals surface area contributed by atoms with Crippen LogP contribution in [0, 0.1) is 5.82 Å². The van der Waals surface area contributed by atoms with E-state index in [1.807, 2.05) is 0 Å². The van der Waals surface area contributed by atoms with Gasteiger partial charge in [0.2, 0.25) is 0 Å². The highest BCUT2D eigenvalue weighted by Crippen LogP contribution is 2.30. The fourth-order valence-electron chi connectivity index (χ4n) is 3.36. The molecule has 1 aliphatic rings. The van der Waals surface area contributed by atoms with Crippen LogP contribution in [-0.2, 0) is 9.84 Å². The molecule has 0 N–H and O–H groups in total. The quantitative estimate of drug-likeness (QED) is 0.611. The van der Waals surface area contributed by atoms with Crippen LogP contribution in [0.15, 0.2) is 47.4 Å². The van der Waals surface area contributed by atoms with Crippen LogP contribution in [0.3, 0.4) is 0 Å². The summed E-state index contributed by atoms with van der Waals surface area (Å²) in [6, 6.07) is 10.7. The maximum absolute atomic E-state index is 13.4. The Morgan fingerprint density at radius 2 is 1.73 bits per heavy atom. The highest BCUT2D eigenvalue weighted by atomic mass is 32.2. The number of aromatic nitrogens is 1. The molecule has 1 aromatic heterocycles. The third kappa shape index (κ3) is 3.91. The second-order valence-electron chi connectivity index (χ2n) is 7.51. The van der Waals surface area contributed by atoms with Gasteiger partial charge in [-0.1, -0.05) is 11.3 Å². The van der Waals surface area contributed by atoms with Gasteiger partial charge < -0.3 is 9.80 Å². The molecule has 0 bridgehead atoms. The maximum Gasteiger partial charge on any atom is 0.253 e. The van der Waals surface area contributed by atoms with E-state index in [2.05, 4.69) is 9.88 Å². The molecular weight excluding hydrogens is 425 g/mol. The van der Waals surface area contributed by atoms with Crippen LogP contribution in [0.2, 0.25) is 0 Å². The van der Waals surface area contributed by atoms with Crippen LogP contribution in [-0.4, -0.2) is 55.6 Å². The number of thiazole rings is 1. The van der Waals surface area contributed by atoms with Crippen molar-refractivity contribution in [2.24, 2.45) is 0 Å². The van der Waals surface area contributed by atoms with Crippen LogP contribution in [0.4, 0.5) is 9.52 Å². The first-order chi connectivity index (χ1) is 14.3. The van der Waals surface area contributed by atoms with Crippen LogP contribution in [0.25, 0.3) is 10.2 Å². The van der Waals surface area contributed by atoms with Crippen molar-refractivity contribution >= 4 is 42.4 Å². The van der Waals surface area contributed by atoms with Crippen molar-refractivity contribution in [1.29, 1.82) is 0 Å². The summed E-state index contributed by atoms with van der Waals surface area (Å²) in [7, 11) is -3.36. The van der Waals surface area contributed by atoms with Crippen molar-refractivity contribution in [2.45, 2.75) is 24.0 Å². The summed E-state index contributed by atoms with van der Waals surface area (Å²) in [5, 5.41) is 0.317. The SMILES string of the molecule is CC(C)S(=O)(=O)c1ccc(C(=O)N2CCN(c3nc4ccc(F)cc4s3)CC2)cc1. The standard InChI is InChI=1S/C21H22FN3O3S2/c1-14(2)30(27,28)17-6-3-15(4-7-17)20(26)24-9-11-25(12-10-24)21-23-18-8-5-16(22)13-19(18)29-21/h3-8,13-14H,9-12H2,1-2H3. The van der Waals surface area contributed by atoms with Gasteiger partial charge in [-0.15, -0.1) is 0 Å². The average Bonchev–Trinajstić information content (AvgIpc) is 3.16. The predicted molar refractivity (Wildman–Crippen MR) is 116 cm³/mol. The third-order valence-corrected chi connectivity index (χ3v) is 8.48. The highest BCUT2D eigenvalue weighted by molar-refractivity contribution is 7.92. The number of hydrogen-bond donors (Lipinski definition) is 0. The zero-order chi connectivity index (χ0) is 21.5. The molecule has 1 saturated heterocycles. The van der Waals surface area contributed by atoms with E-state index < -0.39 is 15.1 Å². The Kier molecular flexibility index (Phi) is 5.50. The van der Waals surface area contributed by atoms with Gasteiger partial charge in [0.15, 0.2) is 15.0 Å². The van der Waals surface area contributed by atoms with Gasteiger partial charge in [0.1, 0.15) is 5.82 Å². The second kappa shape index (κ2) is 7.96. The van der Waals surface area contributed by atoms with Gasteiger partial charge in [-0.2, -0.15) is 0 Å². The Balaban J connectivity index is 1.42. The number of hydrogen-bond acceptors (Lipinski definition) is 6. The Hall–Kier alpha value is -2.52. The second-order valence-corrected chi connectivity index (χ2v) is 11.0. The molecule has 1 fully saturated rings. The number of benzene rings is 2. The molecule has 30 heavy (non-hydrogen) atoms. The lowest BCUT2D eigenvalue weighted by molar-refractivity contribution is 0.0746. The first kappa shape index (κ1) is 20.7. The van der Waals surface area contributed by atoms with Crippen molar-refractivity contribution in [2.75, 3.05) is 31.1 Å². The van der Waals surface area contributed by atoms with E-state index in [4.69, 9.17) is 0 Å². The van der Waals surface area contributed by atoms with E-state index in [1.165, 1.54) is 35.6 Å². The summed E-state index contributed by atoms with van der Waals surface area (Å²) in [6.45, 7) is 5.61. The molecule has 2 heterocycles. The lowest BCUT2D eigenvalue weighted by Crippen LogP contribution is -2.48. The normalized spacial score (nSPS) is 15.2. The zero-order valence-corrected chi connectivity index (χ0v) is 18.3. The number of amides is 1. The number of piperazine rings is 1. The predicted octanol–water partition coefficient (Wildman–Crippen LogP) is 3.58. The van der Waals surface area contributed by atoms with E-state index in [0.29, 0.717) is 31.7 Å². The molecule has 2 aromatic carbocycles. The molecule has 0 radical (unpaired) electrons. The van der Waals surface area contributed by atoms with Gasteiger partial charge in [-0.25, -0.2) is 17.8 Å². The van der Waals surface area contributed by atoms with Crippen molar-refractivity contribution in [3.63, 3.8) is 0 Å².